The Morgan fingerprint density at radius 2 is 2.27 bits per heavy atom. The first kappa shape index (κ1) is 11.2. The molecule has 0 saturated heterocycles. The number of rotatable bonds is 1. The van der Waals surface area contributed by atoms with Gasteiger partial charge in [0, 0.05) is 5.82 Å². The number of benzene rings is 1. The number of hydrogen-bond donors (Lipinski definition) is 1. The fourth-order valence-electron chi connectivity index (χ4n) is 0.608. The summed E-state index contributed by atoms with van der Waals surface area (Å²) >= 11 is 4.25. The zero-order valence-electron chi connectivity index (χ0n) is 5.98. The number of nitrogens with two attached hydrogens (primary N) is 1. The van der Waals surface area contributed by atoms with Crippen LogP contribution in [0.15, 0.2) is 18.2 Å². The van der Waals surface area contributed by atoms with E-state index in [1.807, 2.05) is 0 Å². The summed E-state index contributed by atoms with van der Waals surface area (Å²) in [4.78, 5) is 0. The van der Waals surface area contributed by atoms with Crippen molar-refractivity contribution in [3.05, 3.63) is 35.6 Å². The van der Waals surface area contributed by atoms with E-state index in [4.69, 9.17) is 5.73 Å². The zero-order chi connectivity index (χ0) is 8.69. The molecule has 56 valence electrons. The zero-order valence-corrected chi connectivity index (χ0v) is 10.5. The summed E-state index contributed by atoms with van der Waals surface area (Å²) < 4.78 is 12.5. The van der Waals surface area contributed by atoms with E-state index in [0.29, 0.717) is 5.56 Å². The van der Waals surface area contributed by atoms with Gasteiger partial charge in [-0.25, -0.2) is 0 Å². The molecule has 0 aliphatic rings. The van der Waals surface area contributed by atoms with Gasteiger partial charge in [0.2, 0.25) is 0 Å². The minimum absolute atomic E-state index is 0.251. The molecule has 0 saturated carbocycles. The van der Waals surface area contributed by atoms with Crippen molar-refractivity contribution < 1.29 is 20.7 Å². The summed E-state index contributed by atoms with van der Waals surface area (Å²) in [6.45, 7) is 0.251. The first-order chi connectivity index (χ1) is 5.34. The van der Waals surface area contributed by atoms with E-state index in [-0.39, 0.29) is 12.4 Å². The molecule has 0 bridgehead atoms. The van der Waals surface area contributed by atoms with Gasteiger partial charge in [-0.05, 0) is 6.54 Å². The topological polar surface area (TPSA) is 26.0 Å². The van der Waals surface area contributed by atoms with Crippen LogP contribution in [-0.4, -0.2) is 0 Å². The van der Waals surface area contributed by atoms with Gasteiger partial charge in [0.25, 0.3) is 0 Å². The van der Waals surface area contributed by atoms with E-state index in [2.05, 4.69) is 19.7 Å². The van der Waals surface area contributed by atoms with Crippen molar-refractivity contribution in [2.45, 2.75) is 6.54 Å². The van der Waals surface area contributed by atoms with Gasteiger partial charge in [-0.15, -0.1) is 11.6 Å². The van der Waals surface area contributed by atoms with E-state index in [9.17, 15) is 4.39 Å². The molecule has 0 amide bonds. The Balaban J connectivity index is 0.000000461. The summed E-state index contributed by atoms with van der Waals surface area (Å²) in [5, 5.41) is 0. The van der Waals surface area contributed by atoms with Crippen LogP contribution in [0.3, 0.4) is 0 Å². The average Bonchev–Trinajstić information content (AvgIpc) is 2.09. The molecule has 0 fully saturated rings. The Kier molecular flexibility index (Phi) is 7.03. The summed E-state index contributed by atoms with van der Waals surface area (Å²) in [6, 6.07) is 7.15. The van der Waals surface area contributed by atoms with Gasteiger partial charge in [-0.2, -0.15) is 18.2 Å². The van der Waals surface area contributed by atoms with Crippen LogP contribution >= 0.6 is 13.6 Å². The quantitative estimate of drug-likeness (QED) is 0.612. The van der Waals surface area contributed by atoms with Gasteiger partial charge >= 0.3 is 30.0 Å². The fourth-order valence-corrected chi connectivity index (χ4v) is 0.608. The Bertz CT molecular complexity index is 207. The fraction of sp³-hybridized carbons (Fsp3) is 0.143. The molecule has 1 nitrogen and oxygen atoms in total. The van der Waals surface area contributed by atoms with Gasteiger partial charge in [0.15, 0.2) is 0 Å². The summed E-state index contributed by atoms with van der Waals surface area (Å²) in [5.74, 6) is -0.278. The summed E-state index contributed by atoms with van der Waals surface area (Å²) in [5.41, 5.74) is 5.73. The maximum absolute atomic E-state index is 12.5. The Morgan fingerprint density at radius 3 is 2.64 bits per heavy atom. The molecule has 1 rings (SSSR count). The van der Waals surface area contributed by atoms with Crippen molar-refractivity contribution in [2.24, 2.45) is 5.73 Å². The molecular weight excluding hydrogens is 262 g/mol. The first-order valence-electron chi connectivity index (χ1n) is 2.96. The third-order valence-electron chi connectivity index (χ3n) is 1.12. The Hall–Kier alpha value is 0.213. The molecule has 0 unspecified atom stereocenters. The van der Waals surface area contributed by atoms with E-state index >= 15 is 0 Å². The summed E-state index contributed by atoms with van der Waals surface area (Å²) in [7, 11) is 0. The van der Waals surface area contributed by atoms with E-state index in [1.54, 1.807) is 12.1 Å². The van der Waals surface area contributed by atoms with Crippen LogP contribution in [0.4, 0.5) is 4.39 Å². The predicted molar refractivity (Wildman–Crippen MR) is 42.1 cm³/mol. The summed E-state index contributed by atoms with van der Waals surface area (Å²) in [6.07, 6.45) is 0. The van der Waals surface area contributed by atoms with Gasteiger partial charge in [0.05, 0.1) is 0 Å². The Labute approximate surface area is 82.2 Å². The third kappa shape index (κ3) is 3.95. The molecule has 0 atom stereocenters. The van der Waals surface area contributed by atoms with Crippen molar-refractivity contribution in [3.8, 4) is 0 Å². The average molecular weight is 269 g/mol. The van der Waals surface area contributed by atoms with Crippen LogP contribution in [0.25, 0.3) is 0 Å². The van der Waals surface area contributed by atoms with Crippen molar-refractivity contribution in [2.75, 3.05) is 0 Å². The minimum atomic E-state index is -0.278. The van der Waals surface area contributed by atoms with Gasteiger partial charge in [-0.1, -0.05) is 0 Å². The van der Waals surface area contributed by atoms with E-state index < -0.39 is 0 Å². The predicted octanol–water partition coefficient (Wildman–Crippen LogP) is 1.93. The van der Waals surface area contributed by atoms with Crippen LogP contribution in [0.5, 0.6) is 0 Å². The SMILES string of the molecule is NCc1cc[c-]cc1F.[Zn+][Br]. The number of hydrogen-bond acceptors (Lipinski definition) is 1. The third-order valence-corrected chi connectivity index (χ3v) is 1.12. The van der Waals surface area contributed by atoms with Crippen molar-refractivity contribution in [3.63, 3.8) is 0 Å². The van der Waals surface area contributed by atoms with Crippen molar-refractivity contribution in [1.82, 2.24) is 0 Å². The second-order valence-electron chi connectivity index (χ2n) is 1.72. The van der Waals surface area contributed by atoms with Crippen molar-refractivity contribution in [1.29, 1.82) is 0 Å². The monoisotopic (exact) mass is 267 g/mol. The molecule has 0 aliphatic heterocycles. The second kappa shape index (κ2) is 6.89. The van der Waals surface area contributed by atoms with Gasteiger partial charge < -0.3 is 5.73 Å². The van der Waals surface area contributed by atoms with E-state index in [0.717, 1.165) is 0 Å². The standard InChI is InChI=1S/C7H7FN.BrH.Zn/c8-7-4-2-1-3-6(7)5-9;;/h1,3-4H,5,9H2;1H;/q-1;;+2/p-1. The van der Waals surface area contributed by atoms with Crippen LogP contribution in [-0.2, 0) is 22.9 Å². The molecular formula is C7H7BrFNZn. The molecule has 1 aromatic rings. The molecule has 0 radical (unpaired) electrons. The molecule has 11 heavy (non-hydrogen) atoms. The molecule has 0 aromatic heterocycles. The van der Waals surface area contributed by atoms with Crippen molar-refractivity contribution >= 4 is 13.6 Å². The van der Waals surface area contributed by atoms with Gasteiger partial charge in [-0.3, -0.25) is 4.39 Å². The molecule has 1 aromatic carbocycles. The molecule has 4 heteroatoms. The first-order valence-corrected chi connectivity index (χ1v) is 9.90. The maximum atomic E-state index is 12.5. The van der Waals surface area contributed by atoms with E-state index in [1.165, 1.54) is 22.4 Å². The molecule has 0 spiro atoms. The number of halogens is 2. The van der Waals surface area contributed by atoms with Crippen LogP contribution in [0, 0.1) is 11.9 Å². The normalized spacial score (nSPS) is 8.45. The molecule has 2 N–H and O–H groups in total. The molecule has 0 heterocycles. The van der Waals surface area contributed by atoms with Gasteiger partial charge in [0.1, 0.15) is 0 Å². The second-order valence-corrected chi connectivity index (χ2v) is 1.72. The van der Waals surface area contributed by atoms with Crippen LogP contribution in [0.1, 0.15) is 5.56 Å². The Morgan fingerprint density at radius 1 is 1.64 bits per heavy atom. The van der Waals surface area contributed by atoms with Crippen LogP contribution in [0.2, 0.25) is 0 Å². The molecule has 0 aliphatic carbocycles. The van der Waals surface area contributed by atoms with Crippen LogP contribution < -0.4 is 5.73 Å².